The number of fused-ring (bicyclic) bond motifs is 2. The molecule has 1 unspecified atom stereocenters. The minimum Gasteiger partial charge on any atom is -0.352 e. The Morgan fingerprint density at radius 1 is 1.00 bits per heavy atom. The third-order valence-corrected chi connectivity index (χ3v) is 5.92. The van der Waals surface area contributed by atoms with E-state index >= 15 is 0 Å². The Balaban J connectivity index is 1.51. The molecule has 0 saturated carbocycles. The van der Waals surface area contributed by atoms with Crippen molar-refractivity contribution in [1.29, 1.82) is 0 Å². The molecule has 0 aliphatic carbocycles. The Morgan fingerprint density at radius 3 is 2.58 bits per heavy atom. The van der Waals surface area contributed by atoms with Crippen LogP contribution in [0.4, 0.5) is 17.3 Å². The minimum atomic E-state index is -0.862. The number of nitrogens with zero attached hydrogens (tertiary/aromatic N) is 4. The molecule has 166 valence electrons. The van der Waals surface area contributed by atoms with Gasteiger partial charge >= 0.3 is 5.69 Å². The van der Waals surface area contributed by atoms with Gasteiger partial charge in [-0.05, 0) is 22.9 Å². The van der Waals surface area contributed by atoms with E-state index in [0.717, 1.165) is 26.6 Å². The highest BCUT2D eigenvalue weighted by Gasteiger charge is 2.32. The maximum atomic E-state index is 12.8. The van der Waals surface area contributed by atoms with Crippen molar-refractivity contribution in [3.63, 3.8) is 0 Å². The lowest BCUT2D eigenvalue weighted by atomic mass is 10.0. The van der Waals surface area contributed by atoms with Crippen LogP contribution in [0.2, 0.25) is 0 Å². The molecule has 2 N–H and O–H groups in total. The smallest absolute Gasteiger partial charge is 0.332 e. The van der Waals surface area contributed by atoms with Gasteiger partial charge in [0.15, 0.2) is 12.5 Å². The maximum Gasteiger partial charge on any atom is 0.332 e. The van der Waals surface area contributed by atoms with Crippen LogP contribution in [0.5, 0.6) is 0 Å². The number of rotatable bonds is 5. The van der Waals surface area contributed by atoms with Gasteiger partial charge in [0.05, 0.1) is 12.4 Å². The van der Waals surface area contributed by atoms with Gasteiger partial charge in [0.25, 0.3) is 5.56 Å². The highest BCUT2D eigenvalue weighted by molar-refractivity contribution is 5.96. The molecule has 0 spiro atoms. The summed E-state index contributed by atoms with van der Waals surface area (Å²) in [4.78, 5) is 43.4. The third kappa shape index (κ3) is 3.34. The van der Waals surface area contributed by atoms with Crippen LogP contribution in [-0.2, 0) is 18.9 Å². The first kappa shape index (κ1) is 20.5. The van der Waals surface area contributed by atoms with E-state index in [0.29, 0.717) is 17.9 Å². The Bertz CT molecular complexity index is 1500. The number of carbonyl (C=O) groups excluding carboxylic acids is 1. The number of hydrogen-bond acceptors (Lipinski definition) is 7. The summed E-state index contributed by atoms with van der Waals surface area (Å²) in [6.45, 7) is 0.196. The SMILES string of the molecule is Cn1c2c(c(=O)n(C)c1=O)N(C(C=O)Nc1cccc(-c3cccc4ccccc34)n1)CN2. The minimum absolute atomic E-state index is 0.196. The first-order valence-corrected chi connectivity index (χ1v) is 10.5. The summed E-state index contributed by atoms with van der Waals surface area (Å²) in [6, 6.07) is 19.7. The second-order valence-corrected chi connectivity index (χ2v) is 7.87. The van der Waals surface area contributed by atoms with Crippen LogP contribution in [0, 0.1) is 0 Å². The van der Waals surface area contributed by atoms with Crippen molar-refractivity contribution in [1.82, 2.24) is 14.1 Å². The van der Waals surface area contributed by atoms with Crippen molar-refractivity contribution in [3.8, 4) is 11.3 Å². The molecule has 0 amide bonds. The van der Waals surface area contributed by atoms with Gasteiger partial charge in [-0.3, -0.25) is 18.7 Å². The molecule has 5 rings (SSSR count). The third-order valence-electron chi connectivity index (χ3n) is 5.92. The molecule has 1 aliphatic heterocycles. The fraction of sp³-hybridized carbons (Fsp3) is 0.167. The molecule has 0 bridgehead atoms. The van der Waals surface area contributed by atoms with E-state index < -0.39 is 17.4 Å². The Hall–Kier alpha value is -4.40. The number of nitrogens with one attached hydrogen (secondary N) is 2. The van der Waals surface area contributed by atoms with Gasteiger partial charge in [0.2, 0.25) is 0 Å². The molecular formula is C24H22N6O3. The Morgan fingerprint density at radius 2 is 1.76 bits per heavy atom. The van der Waals surface area contributed by atoms with Gasteiger partial charge in [0, 0.05) is 19.7 Å². The van der Waals surface area contributed by atoms with E-state index in [1.54, 1.807) is 18.0 Å². The summed E-state index contributed by atoms with van der Waals surface area (Å²) in [7, 11) is 3.00. The molecule has 2 aromatic carbocycles. The summed E-state index contributed by atoms with van der Waals surface area (Å²) >= 11 is 0. The molecule has 4 aromatic rings. The largest absolute Gasteiger partial charge is 0.352 e. The van der Waals surface area contributed by atoms with Crippen molar-refractivity contribution < 1.29 is 4.79 Å². The number of pyridine rings is 1. The fourth-order valence-corrected chi connectivity index (χ4v) is 4.22. The second-order valence-electron chi connectivity index (χ2n) is 7.87. The topological polar surface area (TPSA) is 101 Å². The Kier molecular flexibility index (Phi) is 4.93. The molecule has 9 heteroatoms. The lowest BCUT2D eigenvalue weighted by Crippen LogP contribution is -2.46. The molecule has 3 heterocycles. The van der Waals surface area contributed by atoms with Gasteiger partial charge in [-0.15, -0.1) is 0 Å². The van der Waals surface area contributed by atoms with Crippen molar-refractivity contribution in [2.45, 2.75) is 6.17 Å². The summed E-state index contributed by atoms with van der Waals surface area (Å²) in [6.07, 6.45) is -0.146. The first-order valence-electron chi connectivity index (χ1n) is 10.5. The van der Waals surface area contributed by atoms with Crippen molar-refractivity contribution >= 4 is 34.4 Å². The second kappa shape index (κ2) is 7.94. The van der Waals surface area contributed by atoms with Gasteiger partial charge in [0.1, 0.15) is 17.3 Å². The molecule has 0 saturated heterocycles. The van der Waals surface area contributed by atoms with Gasteiger partial charge in [-0.2, -0.15) is 0 Å². The zero-order chi connectivity index (χ0) is 23.1. The van der Waals surface area contributed by atoms with Gasteiger partial charge in [-0.1, -0.05) is 48.5 Å². The highest BCUT2D eigenvalue weighted by Crippen LogP contribution is 2.29. The molecule has 9 nitrogen and oxygen atoms in total. The number of aldehydes is 1. The standard InChI is InChI=1S/C24H22N6O3/c1-28-22-21(23(32)29(2)24(28)33)30(14-25-22)20(13-31)27-19-12-6-11-18(26-19)17-10-5-8-15-7-3-4-9-16(15)17/h3-13,20,25H,14H2,1-2H3,(H,26,27). The normalized spacial score (nSPS) is 13.5. The highest BCUT2D eigenvalue weighted by atomic mass is 16.2. The van der Waals surface area contributed by atoms with E-state index in [-0.39, 0.29) is 12.4 Å². The predicted molar refractivity (Wildman–Crippen MR) is 129 cm³/mol. The summed E-state index contributed by atoms with van der Waals surface area (Å²) < 4.78 is 2.39. The van der Waals surface area contributed by atoms with E-state index in [1.165, 1.54) is 11.6 Å². The van der Waals surface area contributed by atoms with Gasteiger partial charge < -0.3 is 15.5 Å². The molecule has 0 fully saturated rings. The molecule has 0 radical (unpaired) electrons. The summed E-state index contributed by atoms with van der Waals surface area (Å²) in [5.41, 5.74) is 1.10. The summed E-state index contributed by atoms with van der Waals surface area (Å²) in [5, 5.41) is 8.36. The van der Waals surface area contributed by atoms with Crippen LogP contribution in [0.1, 0.15) is 0 Å². The molecule has 2 aromatic heterocycles. The number of anilines is 3. The van der Waals surface area contributed by atoms with Crippen molar-refractivity contribution in [3.05, 3.63) is 81.5 Å². The zero-order valence-corrected chi connectivity index (χ0v) is 18.1. The maximum absolute atomic E-state index is 12.8. The van der Waals surface area contributed by atoms with Crippen molar-refractivity contribution in [2.24, 2.45) is 14.1 Å². The van der Waals surface area contributed by atoms with E-state index in [1.807, 2.05) is 42.5 Å². The average Bonchev–Trinajstić information content (AvgIpc) is 3.30. The number of hydrogen-bond donors (Lipinski definition) is 2. The van der Waals surface area contributed by atoms with Crippen LogP contribution < -0.4 is 26.8 Å². The van der Waals surface area contributed by atoms with E-state index in [4.69, 9.17) is 4.98 Å². The number of aromatic nitrogens is 3. The van der Waals surface area contributed by atoms with E-state index in [2.05, 4.69) is 22.8 Å². The fourth-order valence-electron chi connectivity index (χ4n) is 4.22. The van der Waals surface area contributed by atoms with Crippen LogP contribution >= 0.6 is 0 Å². The predicted octanol–water partition coefficient (Wildman–Crippen LogP) is 2.13. The number of carbonyl (C=O) groups is 1. The Labute approximate surface area is 188 Å². The molecular weight excluding hydrogens is 420 g/mol. The molecule has 1 atom stereocenters. The molecule has 33 heavy (non-hydrogen) atoms. The van der Waals surface area contributed by atoms with Crippen LogP contribution in [-0.4, -0.2) is 33.2 Å². The van der Waals surface area contributed by atoms with Crippen LogP contribution in [0.15, 0.2) is 70.3 Å². The zero-order valence-electron chi connectivity index (χ0n) is 18.1. The van der Waals surface area contributed by atoms with Crippen LogP contribution in [0.3, 0.4) is 0 Å². The lowest BCUT2D eigenvalue weighted by Gasteiger charge is -2.25. The number of benzene rings is 2. The van der Waals surface area contributed by atoms with Crippen LogP contribution in [0.25, 0.3) is 22.0 Å². The van der Waals surface area contributed by atoms with Crippen molar-refractivity contribution in [2.75, 3.05) is 22.2 Å². The summed E-state index contributed by atoms with van der Waals surface area (Å²) in [5.74, 6) is 0.877. The quantitative estimate of drug-likeness (QED) is 0.457. The van der Waals surface area contributed by atoms with E-state index in [9.17, 15) is 14.4 Å². The van der Waals surface area contributed by atoms with Gasteiger partial charge in [-0.25, -0.2) is 9.78 Å². The molecule has 1 aliphatic rings. The monoisotopic (exact) mass is 442 g/mol. The average molecular weight is 442 g/mol. The lowest BCUT2D eigenvalue weighted by molar-refractivity contribution is -0.108. The first-order chi connectivity index (χ1) is 16.0.